The average molecular weight is 1100 g/mol. The molecule has 0 radical (unpaired) electrons. The molecular weight excluding hydrogens is 1030 g/mol. The second-order valence-corrected chi connectivity index (χ2v) is 24.5. The highest BCUT2D eigenvalue weighted by Crippen LogP contribution is 2.62. The number of allylic oxidation sites excluding steroid dienone is 4. The number of alkyl halides is 1. The number of para-hydroxylation sites is 1. The molecule has 410 valence electrons. The fourth-order valence-electron chi connectivity index (χ4n) is 13.1. The van der Waals surface area contributed by atoms with Gasteiger partial charge in [-0.1, -0.05) is 199 Å². The molecule has 10 aromatic carbocycles. The number of aromatic nitrogens is 1. The van der Waals surface area contributed by atoms with Crippen LogP contribution in [-0.2, 0) is 16.2 Å². The van der Waals surface area contributed by atoms with Crippen LogP contribution in [0.25, 0.3) is 60.5 Å². The maximum absolute atomic E-state index is 17.2. The molecule has 14 rings (SSSR count). The van der Waals surface area contributed by atoms with E-state index in [4.69, 9.17) is 4.42 Å². The molecule has 2 heterocycles. The van der Waals surface area contributed by atoms with Gasteiger partial charge in [0.1, 0.15) is 23.2 Å². The Bertz CT molecular complexity index is 4550. The van der Waals surface area contributed by atoms with Crippen molar-refractivity contribution in [2.75, 3.05) is 9.80 Å². The third kappa shape index (κ3) is 8.82. The summed E-state index contributed by atoms with van der Waals surface area (Å²) in [5.41, 5.74) is 16.6. The molecule has 0 spiro atoms. The highest BCUT2D eigenvalue weighted by atomic mass is 19.1. The molecule has 0 fully saturated rings. The molecule has 2 aromatic heterocycles. The maximum Gasteiger partial charge on any atom is 0.145 e. The zero-order valence-electron chi connectivity index (χ0n) is 48.0. The lowest BCUT2D eigenvalue weighted by Gasteiger charge is -2.36. The van der Waals surface area contributed by atoms with Gasteiger partial charge < -0.3 is 14.2 Å². The highest BCUT2D eigenvalue weighted by molar-refractivity contribution is 6.19. The van der Waals surface area contributed by atoms with Crippen molar-refractivity contribution in [2.45, 2.75) is 70.4 Å². The molecule has 2 atom stereocenters. The Morgan fingerprint density at radius 2 is 1.11 bits per heavy atom. The van der Waals surface area contributed by atoms with Crippen LogP contribution in [0.4, 0.5) is 37.2 Å². The zero-order chi connectivity index (χ0) is 57.5. The minimum Gasteiger partial charge on any atom is -0.455 e. The minimum absolute atomic E-state index is 0.0824. The van der Waals surface area contributed by atoms with Gasteiger partial charge in [-0.15, -0.1) is 0 Å². The molecule has 0 aliphatic heterocycles. The van der Waals surface area contributed by atoms with E-state index in [1.54, 1.807) is 6.07 Å². The van der Waals surface area contributed by atoms with Crippen LogP contribution in [0.15, 0.2) is 265 Å². The van der Waals surface area contributed by atoms with Crippen LogP contribution in [0.5, 0.6) is 0 Å². The first kappa shape index (κ1) is 52.4. The first-order chi connectivity index (χ1) is 40.7. The Morgan fingerprint density at radius 1 is 0.512 bits per heavy atom. The van der Waals surface area contributed by atoms with Gasteiger partial charge in [0.05, 0.1) is 16.5 Å². The largest absolute Gasteiger partial charge is 0.455 e. The van der Waals surface area contributed by atoms with Gasteiger partial charge in [0.15, 0.2) is 0 Å². The predicted octanol–water partition coefficient (Wildman–Crippen LogP) is 21.2. The standard InChI is InChI=1S/C78H63F2N3O/c1-76(2,3)54-28-32-58(33-29-54)82(61-36-39-63(69(79)46-61)51-18-10-7-11-19-51)60-38-41-65-67(45-60)78(56-22-14-9-15-23-56,57-27-26-50-42-43-81-49-53(50)44-57)68-48-71(74-66-24-16-17-25-72(66)84-75(74)73(65)68)83(59-34-30-55(31-35-59)77(4,5)6)62-37-40-64(70(80)47-62)52-20-12-8-13-21-52/h7-45,47-49,69H,46H2,1-6H3/t69?,78-/m0/s1. The van der Waals surface area contributed by atoms with Crippen molar-refractivity contribution in [3.8, 4) is 22.3 Å². The molecule has 12 aromatic rings. The van der Waals surface area contributed by atoms with Crippen molar-refractivity contribution in [3.63, 3.8) is 0 Å². The molecule has 0 bridgehead atoms. The summed E-state index contributed by atoms with van der Waals surface area (Å²) in [5, 5.41) is 3.91. The molecule has 4 nitrogen and oxygen atoms in total. The van der Waals surface area contributed by atoms with Crippen LogP contribution in [0.3, 0.4) is 0 Å². The second kappa shape index (κ2) is 20.4. The van der Waals surface area contributed by atoms with E-state index in [9.17, 15) is 0 Å². The summed E-state index contributed by atoms with van der Waals surface area (Å²) in [6.07, 6.45) is 6.76. The van der Waals surface area contributed by atoms with Crippen molar-refractivity contribution in [1.82, 2.24) is 4.98 Å². The molecule has 0 saturated heterocycles. The molecule has 2 aliphatic rings. The van der Waals surface area contributed by atoms with Crippen LogP contribution in [0.2, 0.25) is 0 Å². The Kier molecular flexibility index (Phi) is 12.7. The van der Waals surface area contributed by atoms with Crippen LogP contribution in [0.1, 0.15) is 86.9 Å². The van der Waals surface area contributed by atoms with Crippen molar-refractivity contribution in [1.29, 1.82) is 0 Å². The van der Waals surface area contributed by atoms with Gasteiger partial charge in [-0.05, 0) is 157 Å². The van der Waals surface area contributed by atoms with Gasteiger partial charge in [-0.25, -0.2) is 8.78 Å². The number of fused-ring (bicyclic) bond motifs is 8. The van der Waals surface area contributed by atoms with Gasteiger partial charge in [-0.3, -0.25) is 4.98 Å². The monoisotopic (exact) mass is 1100 g/mol. The zero-order valence-corrected chi connectivity index (χ0v) is 48.0. The van der Waals surface area contributed by atoms with Gasteiger partial charge in [0.25, 0.3) is 0 Å². The minimum atomic E-state index is -1.24. The third-order valence-electron chi connectivity index (χ3n) is 17.3. The van der Waals surface area contributed by atoms with E-state index >= 15 is 8.78 Å². The summed E-state index contributed by atoms with van der Waals surface area (Å²) in [4.78, 5) is 9.13. The van der Waals surface area contributed by atoms with E-state index in [2.05, 4.69) is 202 Å². The number of pyridine rings is 1. The lowest BCUT2D eigenvalue weighted by molar-refractivity contribution is 0.405. The van der Waals surface area contributed by atoms with Gasteiger partial charge in [0, 0.05) is 69.2 Å². The summed E-state index contributed by atoms with van der Waals surface area (Å²) in [5.74, 6) is -0.329. The lowest BCUT2D eigenvalue weighted by Crippen LogP contribution is -2.29. The summed E-state index contributed by atoms with van der Waals surface area (Å²) >= 11 is 0. The van der Waals surface area contributed by atoms with Crippen LogP contribution >= 0.6 is 0 Å². The predicted molar refractivity (Wildman–Crippen MR) is 344 cm³/mol. The first-order valence-electron chi connectivity index (χ1n) is 29.0. The molecule has 0 saturated carbocycles. The second-order valence-electron chi connectivity index (χ2n) is 24.5. The van der Waals surface area contributed by atoms with Crippen LogP contribution in [0, 0.1) is 5.82 Å². The number of furan rings is 1. The van der Waals surface area contributed by atoms with E-state index < -0.39 is 11.6 Å². The quantitative estimate of drug-likeness (QED) is 0.137. The fourth-order valence-corrected chi connectivity index (χ4v) is 13.1. The highest BCUT2D eigenvalue weighted by Gasteiger charge is 2.49. The van der Waals surface area contributed by atoms with E-state index in [1.165, 1.54) is 11.1 Å². The average Bonchev–Trinajstić information content (AvgIpc) is 1.65. The number of hydrogen-bond acceptors (Lipinski definition) is 4. The summed E-state index contributed by atoms with van der Waals surface area (Å²) < 4.78 is 41.7. The number of rotatable bonds is 10. The smallest absolute Gasteiger partial charge is 0.145 e. The number of hydrogen-bond donors (Lipinski definition) is 0. The van der Waals surface area contributed by atoms with Crippen molar-refractivity contribution >= 4 is 66.7 Å². The van der Waals surface area contributed by atoms with E-state index in [0.717, 1.165) is 106 Å². The molecule has 0 amide bonds. The van der Waals surface area contributed by atoms with Gasteiger partial charge in [-0.2, -0.15) is 0 Å². The summed E-state index contributed by atoms with van der Waals surface area (Å²) in [6, 6.07) is 79.7. The number of benzene rings is 10. The molecule has 0 N–H and O–H groups in total. The Balaban J connectivity index is 1.09. The molecule has 84 heavy (non-hydrogen) atoms. The van der Waals surface area contributed by atoms with E-state index in [-0.39, 0.29) is 23.1 Å². The van der Waals surface area contributed by atoms with Crippen molar-refractivity contribution in [3.05, 3.63) is 306 Å². The Labute approximate surface area is 490 Å². The molecule has 2 aliphatic carbocycles. The van der Waals surface area contributed by atoms with E-state index in [1.807, 2.05) is 103 Å². The normalized spacial score (nSPS) is 15.9. The Morgan fingerprint density at radius 3 is 1.76 bits per heavy atom. The maximum atomic E-state index is 17.2. The topological polar surface area (TPSA) is 32.5 Å². The lowest BCUT2D eigenvalue weighted by atomic mass is 9.67. The molecule has 1 unspecified atom stereocenters. The number of nitrogens with zero attached hydrogens (tertiary/aromatic N) is 3. The summed E-state index contributed by atoms with van der Waals surface area (Å²) in [6.45, 7) is 13.3. The van der Waals surface area contributed by atoms with Crippen molar-refractivity contribution < 1.29 is 13.2 Å². The van der Waals surface area contributed by atoms with E-state index in [0.29, 0.717) is 16.8 Å². The van der Waals surface area contributed by atoms with Crippen molar-refractivity contribution in [2.24, 2.45) is 0 Å². The van der Waals surface area contributed by atoms with Crippen LogP contribution < -0.4 is 9.80 Å². The number of anilines is 5. The summed E-state index contributed by atoms with van der Waals surface area (Å²) in [7, 11) is 0. The van der Waals surface area contributed by atoms with Gasteiger partial charge >= 0.3 is 0 Å². The molecular formula is C78H63F2N3O. The molecule has 6 heteroatoms. The SMILES string of the molecule is CC(C)(C)c1ccc(N(C2=CC=C(c3ccccc3)C(F)C2)c2ccc3c(c2)[C@](c2ccccc2)(c2ccc4ccncc4c2)c2cc(N(c4ccc(C(C)(C)C)cc4)c4ccc(-c5ccccc5)c(F)c4)c4c(oc5ccccc54)c2-3)cc1. The third-order valence-corrected chi connectivity index (χ3v) is 17.3. The van der Waals surface area contributed by atoms with Crippen LogP contribution in [-0.4, -0.2) is 11.2 Å². The number of halogens is 2. The first-order valence-corrected chi connectivity index (χ1v) is 29.0. The van der Waals surface area contributed by atoms with Gasteiger partial charge in [0.2, 0.25) is 0 Å². The Hall–Kier alpha value is -9.65. The fraction of sp³-hybridized carbons (Fsp3) is 0.141.